The maximum atomic E-state index is 6.54. The Bertz CT molecular complexity index is 464. The third kappa shape index (κ3) is 2.08. The van der Waals surface area contributed by atoms with Crippen LogP contribution in [0.1, 0.15) is 55.7 Å². The molecule has 0 saturated heterocycles. The highest BCUT2D eigenvalue weighted by molar-refractivity contribution is 9.10. The normalized spacial score (nSPS) is 17.7. The van der Waals surface area contributed by atoms with Gasteiger partial charge in [-0.15, -0.1) is 0 Å². The Hall–Kier alpha value is -0.540. The van der Waals surface area contributed by atoms with E-state index in [4.69, 9.17) is 10.5 Å². The van der Waals surface area contributed by atoms with Crippen LogP contribution in [0.3, 0.4) is 0 Å². The summed E-state index contributed by atoms with van der Waals surface area (Å²) < 4.78 is 6.83. The minimum absolute atomic E-state index is 0.192. The zero-order valence-electron chi connectivity index (χ0n) is 11.6. The van der Waals surface area contributed by atoms with Gasteiger partial charge in [-0.3, -0.25) is 0 Å². The molecule has 2 N–H and O–H groups in total. The number of ether oxygens (including phenoxy) is 1. The van der Waals surface area contributed by atoms with Crippen molar-refractivity contribution in [3.8, 4) is 5.75 Å². The molecule has 1 aliphatic carbocycles. The van der Waals surface area contributed by atoms with Crippen LogP contribution in [-0.4, -0.2) is 7.11 Å². The Morgan fingerprint density at radius 1 is 1.39 bits per heavy atom. The highest BCUT2D eigenvalue weighted by Gasteiger charge is 2.39. The number of hydrogen-bond acceptors (Lipinski definition) is 2. The highest BCUT2D eigenvalue weighted by Crippen LogP contribution is 2.48. The zero-order chi connectivity index (χ0) is 13.5. The van der Waals surface area contributed by atoms with Gasteiger partial charge in [0.1, 0.15) is 5.75 Å². The van der Waals surface area contributed by atoms with Gasteiger partial charge < -0.3 is 10.5 Å². The molecule has 0 bridgehead atoms. The molecule has 1 saturated carbocycles. The number of halogens is 1. The molecule has 0 atom stereocenters. The van der Waals surface area contributed by atoms with Crippen molar-refractivity contribution >= 4 is 15.9 Å². The van der Waals surface area contributed by atoms with Crippen molar-refractivity contribution in [3.05, 3.63) is 27.2 Å². The number of methoxy groups -OCH3 is 1. The number of hydrogen-bond donors (Lipinski definition) is 1. The lowest BCUT2D eigenvalue weighted by atomic mass is 9.70. The second-order valence-electron chi connectivity index (χ2n) is 5.65. The lowest BCUT2D eigenvalue weighted by molar-refractivity contribution is 0.241. The first kappa shape index (κ1) is 13.9. The predicted octanol–water partition coefficient (Wildman–Crippen LogP) is 4.23. The topological polar surface area (TPSA) is 35.2 Å². The van der Waals surface area contributed by atoms with Crippen LogP contribution in [0.15, 0.2) is 10.5 Å². The molecule has 0 heterocycles. The smallest absolute Gasteiger partial charge is 0.127 e. The molecule has 1 aliphatic rings. The molecule has 0 radical (unpaired) electrons. The van der Waals surface area contributed by atoms with Gasteiger partial charge in [-0.05, 0) is 49.3 Å². The molecule has 2 nitrogen and oxygen atoms in total. The third-order valence-electron chi connectivity index (χ3n) is 4.07. The van der Waals surface area contributed by atoms with E-state index in [1.54, 1.807) is 7.11 Å². The fourth-order valence-corrected chi connectivity index (χ4v) is 3.25. The lowest BCUT2D eigenvalue weighted by Crippen LogP contribution is -2.44. The molecule has 3 heteroatoms. The molecule has 0 aromatic heterocycles. The number of nitrogens with two attached hydrogens (primary N) is 1. The first-order chi connectivity index (χ1) is 8.40. The molecule has 0 spiro atoms. The highest BCUT2D eigenvalue weighted by atomic mass is 79.9. The van der Waals surface area contributed by atoms with Gasteiger partial charge in [-0.2, -0.15) is 0 Å². The van der Waals surface area contributed by atoms with Crippen molar-refractivity contribution < 1.29 is 4.74 Å². The molecule has 100 valence electrons. The van der Waals surface area contributed by atoms with E-state index in [0.717, 1.165) is 23.1 Å². The van der Waals surface area contributed by atoms with Crippen molar-refractivity contribution in [2.75, 3.05) is 7.11 Å². The summed E-state index contributed by atoms with van der Waals surface area (Å²) in [5.41, 5.74) is 10.0. The van der Waals surface area contributed by atoms with E-state index in [-0.39, 0.29) is 5.54 Å². The Balaban J connectivity index is 2.68. The van der Waals surface area contributed by atoms with Gasteiger partial charge in [0.2, 0.25) is 0 Å². The van der Waals surface area contributed by atoms with Gasteiger partial charge in [0.25, 0.3) is 0 Å². The fraction of sp³-hybridized carbons (Fsp3) is 0.600. The summed E-state index contributed by atoms with van der Waals surface area (Å²) in [7, 11) is 1.75. The van der Waals surface area contributed by atoms with Crippen molar-refractivity contribution in [1.82, 2.24) is 0 Å². The lowest BCUT2D eigenvalue weighted by Gasteiger charge is -2.41. The second kappa shape index (κ2) is 4.86. The van der Waals surface area contributed by atoms with Crippen molar-refractivity contribution in [2.45, 2.75) is 51.5 Å². The SMILES string of the molecule is COc1c(C(C)C)cc(Br)c(C)c1C1(N)CCC1. The minimum Gasteiger partial charge on any atom is -0.496 e. The predicted molar refractivity (Wildman–Crippen MR) is 79.2 cm³/mol. The van der Waals surface area contributed by atoms with Crippen molar-refractivity contribution in [2.24, 2.45) is 5.73 Å². The molecular formula is C15H22BrNO. The Labute approximate surface area is 118 Å². The van der Waals surface area contributed by atoms with E-state index in [1.807, 2.05) is 0 Å². The van der Waals surface area contributed by atoms with Crippen LogP contribution in [0.5, 0.6) is 5.75 Å². The molecule has 18 heavy (non-hydrogen) atoms. The molecule has 1 aromatic rings. The second-order valence-corrected chi connectivity index (χ2v) is 6.50. The van der Waals surface area contributed by atoms with E-state index >= 15 is 0 Å². The Morgan fingerprint density at radius 2 is 2.00 bits per heavy atom. The van der Waals surface area contributed by atoms with Crippen molar-refractivity contribution in [1.29, 1.82) is 0 Å². The number of rotatable bonds is 3. The Kier molecular flexibility index (Phi) is 3.75. The summed E-state index contributed by atoms with van der Waals surface area (Å²) in [4.78, 5) is 0. The number of benzene rings is 1. The van der Waals surface area contributed by atoms with Crippen molar-refractivity contribution in [3.63, 3.8) is 0 Å². The molecule has 2 rings (SSSR count). The maximum Gasteiger partial charge on any atom is 0.127 e. The van der Waals surface area contributed by atoms with Crippen LogP contribution in [0.2, 0.25) is 0 Å². The summed E-state index contributed by atoms with van der Waals surface area (Å²) >= 11 is 3.66. The first-order valence-electron chi connectivity index (χ1n) is 6.57. The van der Waals surface area contributed by atoms with Crippen LogP contribution >= 0.6 is 15.9 Å². The van der Waals surface area contributed by atoms with E-state index < -0.39 is 0 Å². The third-order valence-corrected chi connectivity index (χ3v) is 4.90. The van der Waals surface area contributed by atoms with Crippen LogP contribution in [0, 0.1) is 6.92 Å². The largest absolute Gasteiger partial charge is 0.496 e. The zero-order valence-corrected chi connectivity index (χ0v) is 13.2. The van der Waals surface area contributed by atoms with E-state index in [9.17, 15) is 0 Å². The molecule has 0 aliphatic heterocycles. The van der Waals surface area contributed by atoms with Crippen LogP contribution in [0.25, 0.3) is 0 Å². The molecule has 1 aromatic carbocycles. The van der Waals surface area contributed by atoms with Gasteiger partial charge >= 0.3 is 0 Å². The first-order valence-corrected chi connectivity index (χ1v) is 7.36. The standard InChI is InChI=1S/C15H22BrNO/c1-9(2)11-8-12(16)10(3)13(14(11)18-4)15(17)6-5-7-15/h8-9H,5-7,17H2,1-4H3. The fourth-order valence-electron chi connectivity index (χ4n) is 2.80. The van der Waals surface area contributed by atoms with Crippen LogP contribution < -0.4 is 10.5 Å². The van der Waals surface area contributed by atoms with E-state index in [2.05, 4.69) is 42.8 Å². The summed E-state index contributed by atoms with van der Waals surface area (Å²) in [5, 5.41) is 0. The summed E-state index contributed by atoms with van der Waals surface area (Å²) in [6, 6.07) is 2.17. The molecule has 0 amide bonds. The van der Waals surface area contributed by atoms with Gasteiger partial charge in [-0.1, -0.05) is 29.8 Å². The summed E-state index contributed by atoms with van der Waals surface area (Å²) in [6.45, 7) is 6.50. The van der Waals surface area contributed by atoms with Gasteiger partial charge in [0.05, 0.1) is 7.11 Å². The monoisotopic (exact) mass is 311 g/mol. The molecule has 1 fully saturated rings. The summed E-state index contributed by atoms with van der Waals surface area (Å²) in [6.07, 6.45) is 3.32. The average molecular weight is 312 g/mol. The Morgan fingerprint density at radius 3 is 2.39 bits per heavy atom. The van der Waals surface area contributed by atoms with Gasteiger partial charge in [-0.25, -0.2) is 0 Å². The average Bonchev–Trinajstić information content (AvgIpc) is 2.28. The minimum atomic E-state index is -0.192. The quantitative estimate of drug-likeness (QED) is 0.906. The summed E-state index contributed by atoms with van der Waals surface area (Å²) in [5.74, 6) is 1.42. The van der Waals surface area contributed by atoms with Crippen LogP contribution in [0.4, 0.5) is 0 Å². The molecule has 0 unspecified atom stereocenters. The van der Waals surface area contributed by atoms with Gasteiger partial charge in [0.15, 0.2) is 0 Å². The van der Waals surface area contributed by atoms with E-state index in [1.165, 1.54) is 23.1 Å². The maximum absolute atomic E-state index is 6.54. The molecular weight excluding hydrogens is 290 g/mol. The van der Waals surface area contributed by atoms with E-state index in [0.29, 0.717) is 5.92 Å². The van der Waals surface area contributed by atoms with Gasteiger partial charge in [0, 0.05) is 15.6 Å². The van der Waals surface area contributed by atoms with Crippen LogP contribution in [-0.2, 0) is 5.54 Å².